The first kappa shape index (κ1) is 27.3. The van der Waals surface area contributed by atoms with Gasteiger partial charge in [0.1, 0.15) is 24.1 Å². The molecule has 0 heterocycles. The van der Waals surface area contributed by atoms with Gasteiger partial charge in [0.15, 0.2) is 0 Å². The lowest BCUT2D eigenvalue weighted by Gasteiger charge is -2.31. The van der Waals surface area contributed by atoms with Gasteiger partial charge in [-0.05, 0) is 43.7 Å². The molecule has 0 bridgehead atoms. The van der Waals surface area contributed by atoms with Crippen LogP contribution in [0.25, 0.3) is 0 Å². The number of hydrogen-bond donors (Lipinski definition) is 1. The van der Waals surface area contributed by atoms with Crippen LogP contribution in [-0.4, -0.2) is 64.7 Å². The molecule has 0 spiro atoms. The van der Waals surface area contributed by atoms with Crippen LogP contribution in [0, 0.1) is 0 Å². The van der Waals surface area contributed by atoms with Crippen molar-refractivity contribution >= 4 is 39.1 Å². The molecule has 0 aliphatic carbocycles. The highest BCUT2D eigenvalue weighted by atomic mass is 35.5. The topological polar surface area (TPSA) is 105 Å². The van der Waals surface area contributed by atoms with Gasteiger partial charge < -0.3 is 19.7 Å². The number of nitrogens with zero attached hydrogens (tertiary/aromatic N) is 2. The van der Waals surface area contributed by atoms with Gasteiger partial charge in [0, 0.05) is 24.2 Å². The maximum atomic E-state index is 13.5. The molecule has 2 amide bonds. The fraction of sp³-hybridized carbons (Fsp3) is 0.391. The maximum Gasteiger partial charge on any atom is 0.244 e. The van der Waals surface area contributed by atoms with Crippen molar-refractivity contribution in [1.29, 1.82) is 0 Å². The summed E-state index contributed by atoms with van der Waals surface area (Å²) in [5.74, 6) is -0.294. The fourth-order valence-corrected chi connectivity index (χ4v) is 4.38. The third-order valence-electron chi connectivity index (χ3n) is 5.09. The van der Waals surface area contributed by atoms with Crippen LogP contribution in [0.3, 0.4) is 0 Å². The van der Waals surface area contributed by atoms with Crippen LogP contribution < -0.4 is 19.1 Å². The minimum atomic E-state index is -3.91. The quantitative estimate of drug-likeness (QED) is 0.497. The number of likely N-dealkylation sites (N-methyl/N-ethyl adjacent to an activating group) is 1. The lowest BCUT2D eigenvalue weighted by molar-refractivity contribution is -0.139. The maximum absolute atomic E-state index is 13.5. The zero-order chi connectivity index (χ0) is 25.5. The molecule has 0 aliphatic heterocycles. The molecule has 9 nitrogen and oxygen atoms in total. The SMILES string of the molecule is CCNC(=O)[C@@H](C)N(Cc1cccc(Cl)c1)C(=O)CN(c1cc(OC)ccc1OC)S(C)(=O)=O. The number of rotatable bonds is 11. The van der Waals surface area contributed by atoms with E-state index in [0.717, 1.165) is 10.6 Å². The monoisotopic (exact) mass is 511 g/mol. The Hall–Kier alpha value is -2.98. The number of methoxy groups -OCH3 is 2. The molecule has 0 unspecified atom stereocenters. The number of halogens is 1. The summed E-state index contributed by atoms with van der Waals surface area (Å²) in [4.78, 5) is 27.4. The van der Waals surface area contributed by atoms with Crippen molar-refractivity contribution < 1.29 is 27.5 Å². The third-order valence-corrected chi connectivity index (χ3v) is 6.46. The van der Waals surface area contributed by atoms with Crippen LogP contribution in [0.15, 0.2) is 42.5 Å². The molecule has 2 aromatic carbocycles. The molecule has 2 rings (SSSR count). The molecule has 0 radical (unpaired) electrons. The molecule has 0 fully saturated rings. The Morgan fingerprint density at radius 1 is 1.12 bits per heavy atom. The predicted molar refractivity (Wildman–Crippen MR) is 132 cm³/mol. The second-order valence-corrected chi connectivity index (χ2v) is 9.87. The Kier molecular flexibility index (Phi) is 9.57. The number of ether oxygens (including phenoxy) is 2. The van der Waals surface area contributed by atoms with Gasteiger partial charge in [0.2, 0.25) is 21.8 Å². The number of sulfonamides is 1. The highest BCUT2D eigenvalue weighted by molar-refractivity contribution is 7.92. The third kappa shape index (κ3) is 7.01. The van der Waals surface area contributed by atoms with Crippen LogP contribution in [-0.2, 0) is 26.2 Å². The highest BCUT2D eigenvalue weighted by Gasteiger charge is 2.31. The minimum Gasteiger partial charge on any atom is -0.497 e. The molecule has 1 N–H and O–H groups in total. The van der Waals surface area contributed by atoms with Gasteiger partial charge in [0.05, 0.1) is 26.2 Å². The van der Waals surface area contributed by atoms with Gasteiger partial charge >= 0.3 is 0 Å². The number of nitrogens with one attached hydrogen (secondary N) is 1. The Morgan fingerprint density at radius 3 is 2.38 bits per heavy atom. The molecule has 0 saturated heterocycles. The normalized spacial score (nSPS) is 11.9. The van der Waals surface area contributed by atoms with E-state index in [0.29, 0.717) is 22.9 Å². The predicted octanol–water partition coefficient (Wildman–Crippen LogP) is 2.68. The summed E-state index contributed by atoms with van der Waals surface area (Å²) in [6, 6.07) is 10.7. The highest BCUT2D eigenvalue weighted by Crippen LogP contribution is 2.34. The molecule has 0 saturated carbocycles. The zero-order valence-corrected chi connectivity index (χ0v) is 21.4. The van der Waals surface area contributed by atoms with Gasteiger partial charge in [-0.3, -0.25) is 13.9 Å². The molecule has 34 heavy (non-hydrogen) atoms. The van der Waals surface area contributed by atoms with E-state index in [-0.39, 0.29) is 23.9 Å². The van der Waals surface area contributed by atoms with E-state index in [2.05, 4.69) is 5.32 Å². The van der Waals surface area contributed by atoms with Crippen molar-refractivity contribution in [2.75, 3.05) is 37.9 Å². The van der Waals surface area contributed by atoms with Crippen molar-refractivity contribution in [2.24, 2.45) is 0 Å². The average molecular weight is 512 g/mol. The number of amides is 2. The lowest BCUT2D eigenvalue weighted by Crippen LogP contribution is -2.51. The first-order valence-corrected chi connectivity index (χ1v) is 12.8. The smallest absolute Gasteiger partial charge is 0.244 e. The van der Waals surface area contributed by atoms with Crippen LogP contribution in [0.5, 0.6) is 11.5 Å². The van der Waals surface area contributed by atoms with Crippen LogP contribution in [0.2, 0.25) is 5.02 Å². The first-order valence-electron chi connectivity index (χ1n) is 10.5. The van der Waals surface area contributed by atoms with Gasteiger partial charge in [0.25, 0.3) is 0 Å². The summed E-state index contributed by atoms with van der Waals surface area (Å²) in [5.41, 5.74) is 0.841. The molecule has 11 heteroatoms. The summed E-state index contributed by atoms with van der Waals surface area (Å²) < 4.78 is 36.9. The molecule has 186 valence electrons. The van der Waals surface area contributed by atoms with Crippen LogP contribution >= 0.6 is 11.6 Å². The summed E-state index contributed by atoms with van der Waals surface area (Å²) in [7, 11) is -1.07. The minimum absolute atomic E-state index is 0.0601. The summed E-state index contributed by atoms with van der Waals surface area (Å²) in [6.45, 7) is 3.26. The first-order chi connectivity index (χ1) is 16.0. The second-order valence-electron chi connectivity index (χ2n) is 7.53. The molecule has 0 aliphatic rings. The van der Waals surface area contributed by atoms with Gasteiger partial charge in [-0.1, -0.05) is 23.7 Å². The average Bonchev–Trinajstić information content (AvgIpc) is 2.79. The second kappa shape index (κ2) is 11.9. The van der Waals surface area contributed by atoms with Gasteiger partial charge in [-0.2, -0.15) is 0 Å². The lowest BCUT2D eigenvalue weighted by atomic mass is 10.1. The van der Waals surface area contributed by atoms with Crippen molar-refractivity contribution in [3.05, 3.63) is 53.1 Å². The van der Waals surface area contributed by atoms with E-state index in [1.54, 1.807) is 50.2 Å². The Labute approximate surface area is 205 Å². The van der Waals surface area contributed by atoms with E-state index in [4.69, 9.17) is 21.1 Å². The Morgan fingerprint density at radius 2 is 1.82 bits per heavy atom. The van der Waals surface area contributed by atoms with E-state index >= 15 is 0 Å². The number of anilines is 1. The molecule has 1 atom stereocenters. The molecular weight excluding hydrogens is 482 g/mol. The number of hydrogen-bond acceptors (Lipinski definition) is 6. The largest absolute Gasteiger partial charge is 0.497 e. The van der Waals surface area contributed by atoms with E-state index in [9.17, 15) is 18.0 Å². The van der Waals surface area contributed by atoms with Crippen molar-refractivity contribution in [3.8, 4) is 11.5 Å². The number of carbonyl (C=O) groups is 2. The summed E-state index contributed by atoms with van der Waals surface area (Å²) in [5, 5.41) is 3.18. The zero-order valence-electron chi connectivity index (χ0n) is 19.9. The standard InChI is InChI=1S/C23H30ClN3O6S/c1-6-25-23(29)16(2)26(14-17-8-7-9-18(24)12-17)22(28)15-27(34(5,30)31)20-13-19(32-3)10-11-21(20)33-4/h7-13,16H,6,14-15H2,1-5H3,(H,25,29)/t16-/m1/s1. The van der Waals surface area contributed by atoms with Gasteiger partial charge in [-0.15, -0.1) is 0 Å². The van der Waals surface area contributed by atoms with Crippen LogP contribution in [0.4, 0.5) is 5.69 Å². The van der Waals surface area contributed by atoms with Crippen molar-refractivity contribution in [2.45, 2.75) is 26.4 Å². The van der Waals surface area contributed by atoms with Crippen molar-refractivity contribution in [1.82, 2.24) is 10.2 Å². The Balaban J connectivity index is 2.48. The van der Waals surface area contributed by atoms with Crippen molar-refractivity contribution in [3.63, 3.8) is 0 Å². The van der Waals surface area contributed by atoms with Crippen LogP contribution in [0.1, 0.15) is 19.4 Å². The van der Waals surface area contributed by atoms with E-state index in [1.807, 2.05) is 0 Å². The fourth-order valence-electron chi connectivity index (χ4n) is 3.32. The van der Waals surface area contributed by atoms with E-state index in [1.165, 1.54) is 25.2 Å². The summed E-state index contributed by atoms with van der Waals surface area (Å²) >= 11 is 6.09. The summed E-state index contributed by atoms with van der Waals surface area (Å²) in [6.07, 6.45) is 0.994. The van der Waals surface area contributed by atoms with Gasteiger partial charge in [-0.25, -0.2) is 8.42 Å². The molecule has 2 aromatic rings. The number of benzene rings is 2. The van der Waals surface area contributed by atoms with E-state index < -0.39 is 28.5 Å². The molecular formula is C23H30ClN3O6S. The Bertz CT molecular complexity index is 1130. The number of carbonyl (C=O) groups excluding carboxylic acids is 2. The molecule has 0 aromatic heterocycles.